The zero-order chi connectivity index (χ0) is 29.6. The van der Waals surface area contributed by atoms with Crippen molar-refractivity contribution in [1.29, 1.82) is 0 Å². The molecule has 0 amide bonds. The summed E-state index contributed by atoms with van der Waals surface area (Å²) in [5, 5.41) is 3.53. The van der Waals surface area contributed by atoms with Crippen LogP contribution in [0.15, 0.2) is 46.2 Å². The lowest BCUT2D eigenvalue weighted by molar-refractivity contribution is 0.146. The van der Waals surface area contributed by atoms with Crippen molar-refractivity contribution in [1.82, 2.24) is 33.9 Å². The average molecular weight is 610 g/mol. The molecule has 0 aliphatic rings. The van der Waals surface area contributed by atoms with Gasteiger partial charge in [-0.15, -0.1) is 0 Å². The smallest absolute Gasteiger partial charge is 0.332 e. The van der Waals surface area contributed by atoms with E-state index in [9.17, 15) is 27.2 Å². The highest BCUT2D eigenvalue weighted by molar-refractivity contribution is 6.33. The molecule has 0 atom stereocenters. The Morgan fingerprint density at radius 1 is 1.00 bits per heavy atom. The molecule has 0 saturated carbocycles. The van der Waals surface area contributed by atoms with E-state index >= 15 is 0 Å². The van der Waals surface area contributed by atoms with Gasteiger partial charge in [0.15, 0.2) is 23.0 Å². The number of nitrogens with zero attached hydrogens (tertiary/aromatic N) is 7. The molecule has 0 spiro atoms. The third-order valence-corrected chi connectivity index (χ3v) is 6.62. The van der Waals surface area contributed by atoms with Gasteiger partial charge < -0.3 is 4.74 Å². The fourth-order valence-corrected chi connectivity index (χ4v) is 4.61. The lowest BCUT2D eigenvalue weighted by atomic mass is 10.1. The van der Waals surface area contributed by atoms with E-state index in [1.54, 1.807) is 7.05 Å². The number of pyridine rings is 2. The number of methoxy groups -OCH3 is 1. The van der Waals surface area contributed by atoms with E-state index in [2.05, 4.69) is 20.1 Å². The number of hydrogen-bond donors (Lipinski definition) is 0. The van der Waals surface area contributed by atoms with Crippen molar-refractivity contribution in [3.8, 4) is 17.1 Å². The quantitative estimate of drug-likeness (QED) is 0.199. The third kappa shape index (κ3) is 5.27. The van der Waals surface area contributed by atoms with Crippen LogP contribution in [0.2, 0.25) is 10.0 Å². The lowest BCUT2D eigenvalue weighted by Crippen LogP contribution is -2.41. The molecule has 0 saturated heterocycles. The second-order valence-corrected chi connectivity index (χ2v) is 9.56. The Labute approximate surface area is 237 Å². The maximum atomic E-state index is 14.2. The van der Waals surface area contributed by atoms with E-state index in [0.29, 0.717) is 0 Å². The first-order valence-corrected chi connectivity index (χ1v) is 12.4. The molecule has 0 aliphatic heterocycles. The molecule has 5 rings (SSSR count). The predicted molar refractivity (Wildman–Crippen MR) is 141 cm³/mol. The summed E-state index contributed by atoms with van der Waals surface area (Å²) >= 11 is 12.1. The molecule has 1 aromatic carbocycles. The second kappa shape index (κ2) is 10.9. The number of benzene rings is 1. The van der Waals surface area contributed by atoms with E-state index < -0.39 is 46.6 Å². The van der Waals surface area contributed by atoms with E-state index in [-0.39, 0.29) is 51.1 Å². The van der Waals surface area contributed by atoms with Crippen LogP contribution in [0.3, 0.4) is 0 Å². The number of aryl methyl sites for hydroxylation is 1. The molecule has 16 heteroatoms. The number of rotatable bonds is 7. The molecule has 0 radical (unpaired) electrons. The maximum absolute atomic E-state index is 14.2. The minimum absolute atomic E-state index is 0.00693. The summed E-state index contributed by atoms with van der Waals surface area (Å²) in [7, 11) is 2.83. The highest BCUT2D eigenvalue weighted by Crippen LogP contribution is 2.35. The van der Waals surface area contributed by atoms with Crippen LogP contribution in [0.25, 0.3) is 22.3 Å². The van der Waals surface area contributed by atoms with Gasteiger partial charge in [0.2, 0.25) is 5.88 Å². The predicted octanol–water partition coefficient (Wildman–Crippen LogP) is 4.38. The van der Waals surface area contributed by atoms with Gasteiger partial charge in [-0.05, 0) is 35.9 Å². The number of aromatic nitrogens is 7. The summed E-state index contributed by atoms with van der Waals surface area (Å²) in [6.45, 7) is -0.740. The van der Waals surface area contributed by atoms with Gasteiger partial charge in [0.05, 0.1) is 47.0 Å². The van der Waals surface area contributed by atoms with Crippen molar-refractivity contribution in [2.75, 3.05) is 7.11 Å². The SMILES string of the molecule is COc1nc2c(=O)n(Cc3ncn(C)n3)c(=O)n(Cc3cc(F)c(F)c(Cl)c3)c2cc1-c1nc(C(F)F)ccc1Cl. The Kier molecular flexibility index (Phi) is 7.53. The summed E-state index contributed by atoms with van der Waals surface area (Å²) in [5.41, 5.74) is -2.75. The van der Waals surface area contributed by atoms with Crippen LogP contribution in [0.1, 0.15) is 23.5 Å². The summed E-state index contributed by atoms with van der Waals surface area (Å²) in [4.78, 5) is 39.5. The van der Waals surface area contributed by atoms with Crippen LogP contribution in [0, 0.1) is 11.6 Å². The molecular weight excluding hydrogens is 593 g/mol. The van der Waals surface area contributed by atoms with Gasteiger partial charge in [-0.2, -0.15) is 5.10 Å². The van der Waals surface area contributed by atoms with Gasteiger partial charge in [-0.25, -0.2) is 37.3 Å². The van der Waals surface area contributed by atoms with Gasteiger partial charge in [-0.1, -0.05) is 23.2 Å². The zero-order valence-electron chi connectivity index (χ0n) is 21.1. The molecular formula is C25H17Cl2F4N7O3. The number of halogens is 6. The van der Waals surface area contributed by atoms with Crippen LogP contribution in [0.4, 0.5) is 17.6 Å². The first kappa shape index (κ1) is 28.2. The standard InChI is InChI=1S/C25H17Cl2F4N7O3/c1-36-10-32-18(35-36)9-38-24(39)21-17(37(25(38)40)8-11-5-14(27)19(29)15(28)6-11)7-12(23(34-21)41-2)20-13(26)3-4-16(33-20)22(30)31/h3-7,10,22H,8-9H2,1-2H3. The fourth-order valence-electron chi connectivity index (χ4n) is 4.18. The van der Waals surface area contributed by atoms with Crippen LogP contribution >= 0.6 is 23.2 Å². The van der Waals surface area contributed by atoms with Gasteiger partial charge in [0.25, 0.3) is 12.0 Å². The fraction of sp³-hybridized carbons (Fsp3) is 0.200. The first-order chi connectivity index (χ1) is 19.5. The molecule has 4 aromatic heterocycles. The summed E-state index contributed by atoms with van der Waals surface area (Å²) in [6, 6.07) is 5.50. The van der Waals surface area contributed by atoms with Gasteiger partial charge in [0, 0.05) is 7.05 Å². The van der Waals surface area contributed by atoms with Crippen molar-refractivity contribution < 1.29 is 22.3 Å². The average Bonchev–Trinajstić information content (AvgIpc) is 3.35. The van der Waals surface area contributed by atoms with Crippen molar-refractivity contribution in [2.45, 2.75) is 19.5 Å². The topological polar surface area (TPSA) is 110 Å². The Hall–Kier alpha value is -4.30. The monoisotopic (exact) mass is 609 g/mol. The second-order valence-electron chi connectivity index (χ2n) is 8.75. The molecule has 10 nitrogen and oxygen atoms in total. The van der Waals surface area contributed by atoms with Crippen molar-refractivity contribution in [3.63, 3.8) is 0 Å². The molecule has 0 unspecified atom stereocenters. The number of ether oxygens (including phenoxy) is 1. The number of fused-ring (bicyclic) bond motifs is 1. The summed E-state index contributed by atoms with van der Waals surface area (Å²) in [6.07, 6.45) is -1.55. The summed E-state index contributed by atoms with van der Waals surface area (Å²) in [5.74, 6) is -2.58. The number of hydrogen-bond acceptors (Lipinski definition) is 7. The molecule has 0 bridgehead atoms. The van der Waals surface area contributed by atoms with Gasteiger partial charge >= 0.3 is 5.69 Å². The normalized spacial score (nSPS) is 11.5. The molecule has 0 aliphatic carbocycles. The molecule has 5 aromatic rings. The Morgan fingerprint density at radius 3 is 2.39 bits per heavy atom. The minimum atomic E-state index is -2.92. The van der Waals surface area contributed by atoms with E-state index in [0.717, 1.165) is 27.3 Å². The van der Waals surface area contributed by atoms with Gasteiger partial charge in [-0.3, -0.25) is 18.6 Å². The molecule has 0 N–H and O–H groups in total. The Morgan fingerprint density at radius 2 is 1.76 bits per heavy atom. The zero-order valence-corrected chi connectivity index (χ0v) is 22.6. The minimum Gasteiger partial charge on any atom is -0.480 e. The Bertz CT molecular complexity index is 1920. The first-order valence-electron chi connectivity index (χ1n) is 11.6. The Balaban J connectivity index is 1.82. The van der Waals surface area contributed by atoms with Crippen LogP contribution in [-0.2, 0) is 20.1 Å². The molecule has 41 heavy (non-hydrogen) atoms. The summed E-state index contributed by atoms with van der Waals surface area (Å²) < 4.78 is 63.5. The lowest BCUT2D eigenvalue weighted by Gasteiger charge is -2.16. The van der Waals surface area contributed by atoms with Crippen LogP contribution in [0.5, 0.6) is 5.88 Å². The third-order valence-electron chi connectivity index (χ3n) is 6.04. The maximum Gasteiger partial charge on any atom is 0.332 e. The molecule has 212 valence electrons. The van der Waals surface area contributed by atoms with Crippen LogP contribution in [-0.4, -0.2) is 41.0 Å². The molecule has 0 fully saturated rings. The largest absolute Gasteiger partial charge is 0.480 e. The number of alkyl halides is 2. The van der Waals surface area contributed by atoms with Crippen LogP contribution < -0.4 is 16.0 Å². The molecule has 4 heterocycles. The van der Waals surface area contributed by atoms with Crippen molar-refractivity contribution >= 4 is 34.2 Å². The highest BCUT2D eigenvalue weighted by atomic mass is 35.5. The van der Waals surface area contributed by atoms with E-state index in [1.807, 2.05) is 0 Å². The van der Waals surface area contributed by atoms with E-state index in [1.165, 1.54) is 30.3 Å². The van der Waals surface area contributed by atoms with Gasteiger partial charge in [0.1, 0.15) is 12.0 Å². The van der Waals surface area contributed by atoms with Crippen molar-refractivity contribution in [2.24, 2.45) is 7.05 Å². The highest BCUT2D eigenvalue weighted by Gasteiger charge is 2.23. The van der Waals surface area contributed by atoms with Crippen molar-refractivity contribution in [3.05, 3.63) is 96.3 Å². The van der Waals surface area contributed by atoms with E-state index in [4.69, 9.17) is 27.9 Å².